The molecular weight excluding hydrogens is 352 g/mol. The number of guanidine groups is 1. The zero-order valence-electron chi connectivity index (χ0n) is 16.8. The van der Waals surface area contributed by atoms with Gasteiger partial charge in [-0.25, -0.2) is 15.0 Å². The van der Waals surface area contributed by atoms with Gasteiger partial charge in [0.05, 0.1) is 13.2 Å². The van der Waals surface area contributed by atoms with Crippen LogP contribution in [-0.4, -0.2) is 60.2 Å². The van der Waals surface area contributed by atoms with Gasteiger partial charge in [-0.05, 0) is 31.5 Å². The molecule has 0 amide bonds. The number of pyridine rings is 2. The second-order valence-electron chi connectivity index (χ2n) is 6.65. The number of hydrogen-bond donors (Lipinski definition) is 1. The SMILES string of the molecule is CCCOc1ncccc1CN=C(NCC)N1CCN(c2ccccn2)CC1. The van der Waals surface area contributed by atoms with E-state index in [0.29, 0.717) is 19.0 Å². The monoisotopic (exact) mass is 382 g/mol. The minimum Gasteiger partial charge on any atom is -0.477 e. The fourth-order valence-electron chi connectivity index (χ4n) is 3.15. The maximum Gasteiger partial charge on any atom is 0.218 e. The van der Waals surface area contributed by atoms with Crippen molar-refractivity contribution in [2.24, 2.45) is 4.99 Å². The first-order valence-electron chi connectivity index (χ1n) is 10.1. The Labute approximate surface area is 167 Å². The highest BCUT2D eigenvalue weighted by Gasteiger charge is 2.20. The topological polar surface area (TPSA) is 65.9 Å². The van der Waals surface area contributed by atoms with Gasteiger partial charge in [-0.15, -0.1) is 0 Å². The number of piperazine rings is 1. The number of nitrogens with one attached hydrogen (secondary N) is 1. The van der Waals surface area contributed by atoms with Gasteiger partial charge in [-0.2, -0.15) is 0 Å². The number of ether oxygens (including phenoxy) is 1. The van der Waals surface area contributed by atoms with E-state index in [1.54, 1.807) is 6.20 Å². The Morgan fingerprint density at radius 3 is 2.61 bits per heavy atom. The molecule has 7 heteroatoms. The molecular formula is C21H30N6O. The summed E-state index contributed by atoms with van der Waals surface area (Å²) in [7, 11) is 0. The van der Waals surface area contributed by atoms with Gasteiger partial charge in [0.2, 0.25) is 5.88 Å². The lowest BCUT2D eigenvalue weighted by atomic mass is 10.2. The Morgan fingerprint density at radius 2 is 1.89 bits per heavy atom. The summed E-state index contributed by atoms with van der Waals surface area (Å²) in [4.78, 5) is 18.3. The fraction of sp³-hybridized carbons (Fsp3) is 0.476. The molecule has 0 spiro atoms. The van der Waals surface area contributed by atoms with Gasteiger partial charge in [0.15, 0.2) is 5.96 Å². The molecule has 1 N–H and O–H groups in total. The molecule has 1 fully saturated rings. The van der Waals surface area contributed by atoms with Crippen molar-refractivity contribution in [1.82, 2.24) is 20.2 Å². The van der Waals surface area contributed by atoms with Crippen LogP contribution in [0, 0.1) is 0 Å². The second-order valence-corrected chi connectivity index (χ2v) is 6.65. The highest BCUT2D eigenvalue weighted by Crippen LogP contribution is 2.17. The van der Waals surface area contributed by atoms with Crippen LogP contribution in [0.5, 0.6) is 5.88 Å². The molecule has 3 rings (SSSR count). The van der Waals surface area contributed by atoms with E-state index >= 15 is 0 Å². The van der Waals surface area contributed by atoms with E-state index in [2.05, 4.69) is 45.0 Å². The molecule has 0 atom stereocenters. The standard InChI is InChI=1S/C21H30N6O/c1-3-16-28-20-18(8-7-11-24-20)17-25-21(22-4-2)27-14-12-26(13-15-27)19-9-5-6-10-23-19/h5-11H,3-4,12-17H2,1-2H3,(H,22,25). The van der Waals surface area contributed by atoms with Crippen LogP contribution in [0.2, 0.25) is 0 Å². The third kappa shape index (κ3) is 5.34. The van der Waals surface area contributed by atoms with E-state index in [1.807, 2.05) is 30.5 Å². The number of hydrogen-bond acceptors (Lipinski definition) is 5. The minimum atomic E-state index is 0.551. The van der Waals surface area contributed by atoms with Gasteiger partial charge < -0.3 is 19.9 Å². The van der Waals surface area contributed by atoms with Gasteiger partial charge in [0.1, 0.15) is 5.82 Å². The normalized spacial score (nSPS) is 14.9. The van der Waals surface area contributed by atoms with Crippen LogP contribution in [-0.2, 0) is 6.54 Å². The largest absolute Gasteiger partial charge is 0.477 e. The molecule has 1 aliphatic heterocycles. The van der Waals surface area contributed by atoms with Crippen molar-refractivity contribution < 1.29 is 4.74 Å². The lowest BCUT2D eigenvalue weighted by molar-refractivity contribution is 0.302. The number of aliphatic imine (C=N–C) groups is 1. The fourth-order valence-corrected chi connectivity index (χ4v) is 3.15. The third-order valence-electron chi connectivity index (χ3n) is 4.58. The van der Waals surface area contributed by atoms with Crippen LogP contribution in [0.3, 0.4) is 0 Å². The van der Waals surface area contributed by atoms with Crippen molar-refractivity contribution in [1.29, 1.82) is 0 Å². The van der Waals surface area contributed by atoms with Crippen LogP contribution in [0.25, 0.3) is 0 Å². The smallest absolute Gasteiger partial charge is 0.218 e. The summed E-state index contributed by atoms with van der Waals surface area (Å²) in [6.07, 6.45) is 4.57. The molecule has 0 aliphatic carbocycles. The van der Waals surface area contributed by atoms with Crippen molar-refractivity contribution in [3.8, 4) is 5.88 Å². The average molecular weight is 383 g/mol. The van der Waals surface area contributed by atoms with Crippen molar-refractivity contribution in [2.45, 2.75) is 26.8 Å². The minimum absolute atomic E-state index is 0.551. The molecule has 0 bridgehead atoms. The number of anilines is 1. The Hall–Kier alpha value is -2.83. The van der Waals surface area contributed by atoms with E-state index < -0.39 is 0 Å². The predicted molar refractivity (Wildman–Crippen MR) is 113 cm³/mol. The number of aromatic nitrogens is 2. The van der Waals surface area contributed by atoms with E-state index in [-0.39, 0.29) is 0 Å². The van der Waals surface area contributed by atoms with Crippen LogP contribution < -0.4 is 15.0 Å². The first-order valence-corrected chi connectivity index (χ1v) is 10.1. The van der Waals surface area contributed by atoms with Crippen LogP contribution >= 0.6 is 0 Å². The van der Waals surface area contributed by atoms with E-state index in [9.17, 15) is 0 Å². The van der Waals surface area contributed by atoms with Gasteiger partial charge in [0.25, 0.3) is 0 Å². The second kappa shape index (κ2) is 10.5. The van der Waals surface area contributed by atoms with Gasteiger partial charge in [0, 0.05) is 50.7 Å². The summed E-state index contributed by atoms with van der Waals surface area (Å²) in [6, 6.07) is 10.0. The molecule has 1 aliphatic rings. The Kier molecular flexibility index (Phi) is 7.46. The molecule has 2 aromatic heterocycles. The molecule has 0 saturated carbocycles. The van der Waals surface area contributed by atoms with Gasteiger partial charge in [-0.3, -0.25) is 0 Å². The summed E-state index contributed by atoms with van der Waals surface area (Å²) in [5, 5.41) is 3.42. The maximum absolute atomic E-state index is 5.76. The number of rotatable bonds is 7. The number of nitrogens with zero attached hydrogens (tertiary/aromatic N) is 5. The molecule has 0 aromatic carbocycles. The van der Waals surface area contributed by atoms with Gasteiger partial charge in [-0.1, -0.05) is 19.1 Å². The van der Waals surface area contributed by atoms with Gasteiger partial charge >= 0.3 is 0 Å². The molecule has 28 heavy (non-hydrogen) atoms. The summed E-state index contributed by atoms with van der Waals surface area (Å²) in [5.74, 6) is 2.66. The summed E-state index contributed by atoms with van der Waals surface area (Å²) in [5.41, 5.74) is 1.01. The predicted octanol–water partition coefficient (Wildman–Crippen LogP) is 2.55. The van der Waals surface area contributed by atoms with E-state index in [0.717, 1.165) is 56.5 Å². The van der Waals surface area contributed by atoms with E-state index in [1.165, 1.54) is 0 Å². The molecule has 3 heterocycles. The van der Waals surface area contributed by atoms with Crippen LogP contribution in [0.1, 0.15) is 25.8 Å². The molecule has 2 aromatic rings. The first kappa shape index (κ1) is 19.9. The lowest BCUT2D eigenvalue weighted by Gasteiger charge is -2.37. The zero-order valence-corrected chi connectivity index (χ0v) is 16.8. The molecule has 1 saturated heterocycles. The Morgan fingerprint density at radius 1 is 1.07 bits per heavy atom. The Bertz CT molecular complexity index is 744. The quantitative estimate of drug-likeness (QED) is 0.586. The van der Waals surface area contributed by atoms with Crippen molar-refractivity contribution in [3.05, 3.63) is 48.3 Å². The maximum atomic E-state index is 5.76. The molecule has 0 unspecified atom stereocenters. The molecule has 0 radical (unpaired) electrons. The third-order valence-corrected chi connectivity index (χ3v) is 4.58. The zero-order chi connectivity index (χ0) is 19.6. The lowest BCUT2D eigenvalue weighted by Crippen LogP contribution is -2.52. The first-order chi connectivity index (χ1) is 13.8. The Balaban J connectivity index is 1.64. The van der Waals surface area contributed by atoms with Crippen molar-refractivity contribution >= 4 is 11.8 Å². The van der Waals surface area contributed by atoms with Crippen LogP contribution in [0.4, 0.5) is 5.82 Å². The summed E-state index contributed by atoms with van der Waals surface area (Å²) >= 11 is 0. The van der Waals surface area contributed by atoms with Crippen molar-refractivity contribution in [2.75, 3.05) is 44.2 Å². The summed E-state index contributed by atoms with van der Waals surface area (Å²) in [6.45, 7) is 9.93. The average Bonchev–Trinajstić information content (AvgIpc) is 2.76. The highest BCUT2D eigenvalue weighted by atomic mass is 16.5. The molecule has 7 nitrogen and oxygen atoms in total. The van der Waals surface area contributed by atoms with Crippen molar-refractivity contribution in [3.63, 3.8) is 0 Å². The van der Waals surface area contributed by atoms with E-state index in [4.69, 9.17) is 9.73 Å². The molecule has 150 valence electrons. The summed E-state index contributed by atoms with van der Waals surface area (Å²) < 4.78 is 5.76. The highest BCUT2D eigenvalue weighted by molar-refractivity contribution is 5.80. The van der Waals surface area contributed by atoms with Crippen LogP contribution in [0.15, 0.2) is 47.7 Å².